The summed E-state index contributed by atoms with van der Waals surface area (Å²) in [5, 5.41) is 0. The maximum Gasteiger partial charge on any atom is 0.141 e. The van der Waals surface area contributed by atoms with Crippen molar-refractivity contribution in [1.29, 1.82) is 0 Å². The Kier molecular flexibility index (Phi) is 3.97. The lowest BCUT2D eigenvalue weighted by atomic mass is 9.79. The third-order valence-electron chi connectivity index (χ3n) is 4.62. The van der Waals surface area contributed by atoms with Gasteiger partial charge in [0.1, 0.15) is 5.78 Å². The van der Waals surface area contributed by atoms with E-state index < -0.39 is 0 Å². The number of piperidine rings is 1. The molecule has 102 valence electrons. The van der Waals surface area contributed by atoms with Gasteiger partial charge in [-0.3, -0.25) is 9.69 Å². The Morgan fingerprint density at radius 2 is 1.58 bits per heavy atom. The average Bonchev–Trinajstić information content (AvgIpc) is 2.43. The van der Waals surface area contributed by atoms with E-state index in [1.807, 2.05) is 0 Å². The fraction of sp³-hybridized carbons (Fsp3) is 0.588. The van der Waals surface area contributed by atoms with Crippen LogP contribution in [0.3, 0.4) is 0 Å². The van der Waals surface area contributed by atoms with Crippen LogP contribution < -0.4 is 0 Å². The quantitative estimate of drug-likeness (QED) is 0.810. The van der Waals surface area contributed by atoms with Crippen molar-refractivity contribution < 1.29 is 4.79 Å². The largest absolute Gasteiger partial charge is 0.299 e. The van der Waals surface area contributed by atoms with Crippen molar-refractivity contribution in [3.8, 4) is 0 Å². The van der Waals surface area contributed by atoms with Crippen LogP contribution in [0, 0.1) is 11.8 Å². The van der Waals surface area contributed by atoms with E-state index in [1.54, 1.807) is 0 Å². The van der Waals surface area contributed by atoms with Crippen LogP contribution in [0.15, 0.2) is 30.3 Å². The maximum atomic E-state index is 12.4. The van der Waals surface area contributed by atoms with E-state index in [-0.39, 0.29) is 0 Å². The second-order valence-electron chi connectivity index (χ2n) is 6.11. The molecule has 2 heteroatoms. The van der Waals surface area contributed by atoms with E-state index in [1.165, 1.54) is 24.8 Å². The number of fused-ring (bicyclic) bond motifs is 2. The van der Waals surface area contributed by atoms with Crippen molar-refractivity contribution in [3.63, 3.8) is 0 Å². The zero-order valence-corrected chi connectivity index (χ0v) is 11.6. The molecule has 0 amide bonds. The fourth-order valence-electron chi connectivity index (χ4n) is 3.61. The number of ketones is 1. The topological polar surface area (TPSA) is 20.3 Å². The molecule has 0 aromatic heterocycles. The summed E-state index contributed by atoms with van der Waals surface area (Å²) in [5.74, 6) is 1.18. The molecule has 0 radical (unpaired) electrons. The zero-order chi connectivity index (χ0) is 13.1. The second kappa shape index (κ2) is 5.87. The van der Waals surface area contributed by atoms with Gasteiger partial charge in [-0.1, -0.05) is 49.6 Å². The number of Topliss-reactive ketones (excluding diaryl/α,β-unsaturated/α-hetero) is 1. The number of benzene rings is 1. The lowest BCUT2D eigenvalue weighted by Crippen LogP contribution is -2.46. The molecule has 1 saturated heterocycles. The van der Waals surface area contributed by atoms with Crippen molar-refractivity contribution in [3.05, 3.63) is 35.9 Å². The molecular formula is C17H23NO. The molecule has 0 spiro atoms. The van der Waals surface area contributed by atoms with Gasteiger partial charge in [-0.05, 0) is 18.4 Å². The van der Waals surface area contributed by atoms with Gasteiger partial charge in [0.25, 0.3) is 0 Å². The number of hydrogen-bond acceptors (Lipinski definition) is 2. The molecule has 2 atom stereocenters. The van der Waals surface area contributed by atoms with E-state index >= 15 is 0 Å². The maximum absolute atomic E-state index is 12.4. The fourth-order valence-corrected chi connectivity index (χ4v) is 3.61. The van der Waals surface area contributed by atoms with Gasteiger partial charge < -0.3 is 0 Å². The first-order valence-corrected chi connectivity index (χ1v) is 7.63. The summed E-state index contributed by atoms with van der Waals surface area (Å²) in [5.41, 5.74) is 1.37. The monoisotopic (exact) mass is 257 g/mol. The molecule has 0 N–H and O–H groups in total. The van der Waals surface area contributed by atoms with Crippen LogP contribution in [0.5, 0.6) is 0 Å². The molecule has 1 saturated carbocycles. The minimum absolute atomic E-state index is 0.308. The van der Waals surface area contributed by atoms with Crippen LogP contribution in [-0.2, 0) is 11.3 Å². The van der Waals surface area contributed by atoms with Crippen molar-refractivity contribution in [2.75, 3.05) is 13.1 Å². The molecule has 2 aliphatic rings. The van der Waals surface area contributed by atoms with Crippen LogP contribution in [-0.4, -0.2) is 23.8 Å². The summed E-state index contributed by atoms with van der Waals surface area (Å²) < 4.78 is 0. The first kappa shape index (κ1) is 12.9. The molecule has 2 fully saturated rings. The number of nitrogens with zero attached hydrogens (tertiary/aromatic N) is 1. The number of carbonyl (C=O) groups is 1. The lowest BCUT2D eigenvalue weighted by Gasteiger charge is -2.38. The van der Waals surface area contributed by atoms with Crippen LogP contribution >= 0.6 is 0 Å². The van der Waals surface area contributed by atoms with E-state index in [0.717, 1.165) is 32.5 Å². The molecular weight excluding hydrogens is 234 g/mol. The van der Waals surface area contributed by atoms with Crippen molar-refractivity contribution in [2.45, 2.75) is 38.6 Å². The highest BCUT2D eigenvalue weighted by atomic mass is 16.1. The van der Waals surface area contributed by atoms with Gasteiger partial charge in [-0.2, -0.15) is 0 Å². The van der Waals surface area contributed by atoms with Crippen LogP contribution in [0.2, 0.25) is 0 Å². The predicted molar refractivity (Wildman–Crippen MR) is 76.8 cm³/mol. The Morgan fingerprint density at radius 1 is 0.947 bits per heavy atom. The Labute approximate surface area is 115 Å². The normalized spacial score (nSPS) is 28.7. The highest BCUT2D eigenvalue weighted by molar-refractivity contribution is 5.84. The number of rotatable bonds is 2. The highest BCUT2D eigenvalue weighted by Gasteiger charge is 2.35. The Bertz CT molecular complexity index is 410. The van der Waals surface area contributed by atoms with Gasteiger partial charge in [-0.15, -0.1) is 0 Å². The summed E-state index contributed by atoms with van der Waals surface area (Å²) >= 11 is 0. The number of carbonyl (C=O) groups excluding carboxylic acids is 1. The molecule has 1 aromatic rings. The van der Waals surface area contributed by atoms with E-state index in [0.29, 0.717) is 17.6 Å². The van der Waals surface area contributed by atoms with E-state index in [2.05, 4.69) is 35.2 Å². The summed E-state index contributed by atoms with van der Waals surface area (Å²) in [6, 6.07) is 10.6. The molecule has 3 rings (SSSR count). The molecule has 2 nitrogen and oxygen atoms in total. The van der Waals surface area contributed by atoms with Gasteiger partial charge >= 0.3 is 0 Å². The third-order valence-corrected chi connectivity index (χ3v) is 4.62. The summed E-state index contributed by atoms with van der Waals surface area (Å²) in [6.45, 7) is 2.95. The predicted octanol–water partition coefficient (Wildman–Crippen LogP) is 3.27. The van der Waals surface area contributed by atoms with Crippen molar-refractivity contribution >= 4 is 5.78 Å². The molecule has 0 unspecified atom stereocenters. The first-order chi connectivity index (χ1) is 9.33. The first-order valence-electron chi connectivity index (χ1n) is 7.63. The van der Waals surface area contributed by atoms with Gasteiger partial charge in [-0.25, -0.2) is 0 Å². The zero-order valence-electron chi connectivity index (χ0n) is 11.6. The molecule has 1 aliphatic heterocycles. The van der Waals surface area contributed by atoms with E-state index in [4.69, 9.17) is 0 Å². The van der Waals surface area contributed by atoms with Crippen LogP contribution in [0.25, 0.3) is 0 Å². The van der Waals surface area contributed by atoms with Gasteiger partial charge in [0.15, 0.2) is 0 Å². The number of likely N-dealkylation sites (tertiary alicyclic amines) is 1. The van der Waals surface area contributed by atoms with Gasteiger partial charge in [0.05, 0.1) is 0 Å². The third kappa shape index (κ3) is 3.06. The van der Waals surface area contributed by atoms with Gasteiger partial charge in [0, 0.05) is 31.5 Å². The Hall–Kier alpha value is -1.15. The summed E-state index contributed by atoms with van der Waals surface area (Å²) in [4.78, 5) is 14.8. The molecule has 1 heterocycles. The van der Waals surface area contributed by atoms with E-state index in [9.17, 15) is 4.79 Å². The SMILES string of the molecule is O=C1[C@H]2CCCCC[C@H]1CN(Cc1ccccc1)C2. The van der Waals surface area contributed by atoms with Crippen molar-refractivity contribution in [1.82, 2.24) is 4.90 Å². The Morgan fingerprint density at radius 3 is 2.21 bits per heavy atom. The van der Waals surface area contributed by atoms with Gasteiger partial charge in [0.2, 0.25) is 0 Å². The average molecular weight is 257 g/mol. The molecule has 1 aliphatic carbocycles. The molecule has 1 aromatic carbocycles. The van der Waals surface area contributed by atoms with Crippen LogP contribution in [0.4, 0.5) is 0 Å². The summed E-state index contributed by atoms with van der Waals surface area (Å²) in [7, 11) is 0. The minimum Gasteiger partial charge on any atom is -0.299 e. The Balaban J connectivity index is 1.69. The second-order valence-corrected chi connectivity index (χ2v) is 6.11. The minimum atomic E-state index is 0.308. The summed E-state index contributed by atoms with van der Waals surface area (Å²) in [6.07, 6.45) is 6.02. The highest BCUT2D eigenvalue weighted by Crippen LogP contribution is 2.30. The number of hydrogen-bond donors (Lipinski definition) is 0. The molecule has 2 bridgehead atoms. The standard InChI is InChI=1S/C17H23NO/c19-17-15-9-5-2-6-10-16(17)13-18(12-15)11-14-7-3-1-4-8-14/h1,3-4,7-8,15-16H,2,5-6,9-13H2/t15-,16-/m0/s1. The van der Waals surface area contributed by atoms with Crippen LogP contribution in [0.1, 0.15) is 37.7 Å². The smallest absolute Gasteiger partial charge is 0.141 e. The lowest BCUT2D eigenvalue weighted by molar-refractivity contribution is -0.132. The van der Waals surface area contributed by atoms with Crippen molar-refractivity contribution in [2.24, 2.45) is 11.8 Å². The molecule has 19 heavy (non-hydrogen) atoms.